The van der Waals surface area contributed by atoms with E-state index in [1.54, 1.807) is 0 Å². The summed E-state index contributed by atoms with van der Waals surface area (Å²) in [6.45, 7) is 1.30. The second-order valence-electron chi connectivity index (χ2n) is 6.17. The summed E-state index contributed by atoms with van der Waals surface area (Å²) in [5, 5.41) is 10.7. The lowest BCUT2D eigenvalue weighted by atomic mass is 9.96. The molecule has 3 aromatic rings. The van der Waals surface area contributed by atoms with Crippen LogP contribution in [0.3, 0.4) is 0 Å². The SMILES string of the molecule is O=[N+]([O-])c1ccc(N2CCC(c3nc4ccccc4o3)CC2)c(F)c1. The summed E-state index contributed by atoms with van der Waals surface area (Å²) in [5.74, 6) is 0.365. The van der Waals surface area contributed by atoms with Gasteiger partial charge < -0.3 is 9.32 Å². The third kappa shape index (κ3) is 2.93. The second kappa shape index (κ2) is 6.16. The monoisotopic (exact) mass is 341 g/mol. The number of halogens is 1. The van der Waals surface area contributed by atoms with Crippen LogP contribution in [0.1, 0.15) is 24.7 Å². The van der Waals surface area contributed by atoms with Crippen molar-refractivity contribution in [1.82, 2.24) is 4.98 Å². The summed E-state index contributed by atoms with van der Waals surface area (Å²) in [6.07, 6.45) is 1.59. The fourth-order valence-electron chi connectivity index (χ4n) is 3.30. The maximum Gasteiger partial charge on any atom is 0.272 e. The summed E-state index contributed by atoms with van der Waals surface area (Å²) in [6, 6.07) is 11.4. The molecule has 4 rings (SSSR count). The van der Waals surface area contributed by atoms with Gasteiger partial charge in [0, 0.05) is 25.1 Å². The molecule has 1 aliphatic heterocycles. The zero-order valence-corrected chi connectivity index (χ0v) is 13.4. The van der Waals surface area contributed by atoms with Gasteiger partial charge in [0.25, 0.3) is 5.69 Å². The van der Waals surface area contributed by atoms with E-state index in [0.717, 1.165) is 35.9 Å². The zero-order valence-electron chi connectivity index (χ0n) is 13.4. The van der Waals surface area contributed by atoms with Gasteiger partial charge in [-0.1, -0.05) is 12.1 Å². The summed E-state index contributed by atoms with van der Waals surface area (Å²) in [4.78, 5) is 16.6. The number of nitro groups is 1. The molecule has 7 heteroatoms. The minimum Gasteiger partial charge on any atom is -0.440 e. The highest BCUT2D eigenvalue weighted by atomic mass is 19.1. The number of anilines is 1. The van der Waals surface area contributed by atoms with Crippen molar-refractivity contribution in [2.24, 2.45) is 0 Å². The molecule has 25 heavy (non-hydrogen) atoms. The molecule has 1 aliphatic rings. The highest BCUT2D eigenvalue weighted by molar-refractivity contribution is 5.72. The van der Waals surface area contributed by atoms with Gasteiger partial charge in [-0.15, -0.1) is 0 Å². The molecule has 128 valence electrons. The number of aromatic nitrogens is 1. The Morgan fingerprint density at radius 2 is 1.96 bits per heavy atom. The number of hydrogen-bond donors (Lipinski definition) is 0. The van der Waals surface area contributed by atoms with Crippen LogP contribution >= 0.6 is 0 Å². The van der Waals surface area contributed by atoms with Crippen molar-refractivity contribution in [3.63, 3.8) is 0 Å². The summed E-state index contributed by atoms with van der Waals surface area (Å²) >= 11 is 0. The molecule has 1 aromatic heterocycles. The third-order valence-corrected chi connectivity index (χ3v) is 4.64. The number of non-ortho nitro benzene ring substituents is 1. The molecule has 0 radical (unpaired) electrons. The molecule has 0 spiro atoms. The van der Waals surface area contributed by atoms with Crippen molar-refractivity contribution in [2.75, 3.05) is 18.0 Å². The summed E-state index contributed by atoms with van der Waals surface area (Å²) < 4.78 is 20.0. The zero-order chi connectivity index (χ0) is 17.4. The molecule has 0 amide bonds. The van der Waals surface area contributed by atoms with Gasteiger partial charge in [-0.3, -0.25) is 10.1 Å². The Kier molecular flexibility index (Phi) is 3.83. The maximum absolute atomic E-state index is 14.2. The van der Waals surface area contributed by atoms with E-state index in [9.17, 15) is 14.5 Å². The van der Waals surface area contributed by atoms with Crippen molar-refractivity contribution in [3.05, 3.63) is 64.3 Å². The highest BCUT2D eigenvalue weighted by Crippen LogP contribution is 2.33. The normalized spacial score (nSPS) is 15.6. The highest BCUT2D eigenvalue weighted by Gasteiger charge is 2.26. The Hall–Kier alpha value is -2.96. The summed E-state index contributed by atoms with van der Waals surface area (Å²) in [7, 11) is 0. The minimum atomic E-state index is -0.591. The quantitative estimate of drug-likeness (QED) is 0.526. The van der Waals surface area contributed by atoms with Gasteiger partial charge in [-0.25, -0.2) is 9.37 Å². The van der Waals surface area contributed by atoms with Crippen LogP contribution in [0, 0.1) is 15.9 Å². The Labute approximate surface area is 143 Å². The molecule has 1 saturated heterocycles. The standard InChI is InChI=1S/C18H16FN3O3/c19-14-11-13(22(23)24)5-6-16(14)21-9-7-12(8-10-21)18-20-15-3-1-2-4-17(15)25-18/h1-6,11-12H,7-10H2. The molecule has 0 bridgehead atoms. The third-order valence-electron chi connectivity index (χ3n) is 4.64. The first-order chi connectivity index (χ1) is 12.1. The van der Waals surface area contributed by atoms with E-state index >= 15 is 0 Å². The van der Waals surface area contributed by atoms with Crippen LogP contribution in [0.5, 0.6) is 0 Å². The van der Waals surface area contributed by atoms with Gasteiger partial charge in [0.15, 0.2) is 17.3 Å². The number of hydrogen-bond acceptors (Lipinski definition) is 5. The average Bonchev–Trinajstić information content (AvgIpc) is 3.06. The van der Waals surface area contributed by atoms with Crippen molar-refractivity contribution < 1.29 is 13.7 Å². The number of para-hydroxylation sites is 2. The van der Waals surface area contributed by atoms with E-state index in [1.165, 1.54) is 12.1 Å². The Morgan fingerprint density at radius 3 is 2.64 bits per heavy atom. The fourth-order valence-corrected chi connectivity index (χ4v) is 3.30. The number of piperidine rings is 1. The number of rotatable bonds is 3. The molecule has 2 aromatic carbocycles. The Balaban J connectivity index is 1.48. The van der Waals surface area contributed by atoms with Crippen LogP contribution in [0.25, 0.3) is 11.1 Å². The average molecular weight is 341 g/mol. The van der Waals surface area contributed by atoms with Gasteiger partial charge in [-0.2, -0.15) is 0 Å². The minimum absolute atomic E-state index is 0.199. The molecule has 0 saturated carbocycles. The van der Waals surface area contributed by atoms with Gasteiger partial charge in [0.05, 0.1) is 16.7 Å². The maximum atomic E-state index is 14.2. The number of fused-ring (bicyclic) bond motifs is 1. The smallest absolute Gasteiger partial charge is 0.272 e. The molecule has 6 nitrogen and oxygen atoms in total. The van der Waals surface area contributed by atoms with E-state index in [2.05, 4.69) is 4.98 Å². The molecule has 2 heterocycles. The van der Waals surface area contributed by atoms with Gasteiger partial charge in [-0.05, 0) is 31.0 Å². The van der Waals surface area contributed by atoms with Crippen LogP contribution in [0.2, 0.25) is 0 Å². The Morgan fingerprint density at radius 1 is 1.20 bits per heavy atom. The van der Waals surface area contributed by atoms with Crippen molar-refractivity contribution >= 4 is 22.5 Å². The molecule has 1 fully saturated rings. The molecule has 0 N–H and O–H groups in total. The molecule has 0 unspecified atom stereocenters. The lowest BCUT2D eigenvalue weighted by Crippen LogP contribution is -2.33. The predicted octanol–water partition coefficient (Wildman–Crippen LogP) is 4.26. The van der Waals surface area contributed by atoms with Crippen LogP contribution in [0.4, 0.5) is 15.8 Å². The van der Waals surface area contributed by atoms with E-state index < -0.39 is 10.7 Å². The molecular formula is C18H16FN3O3. The first-order valence-electron chi connectivity index (χ1n) is 8.16. The molecule has 0 atom stereocenters. The van der Waals surface area contributed by atoms with Crippen LogP contribution in [-0.2, 0) is 0 Å². The van der Waals surface area contributed by atoms with Crippen molar-refractivity contribution in [3.8, 4) is 0 Å². The van der Waals surface area contributed by atoms with Crippen LogP contribution in [-0.4, -0.2) is 23.0 Å². The number of oxazole rings is 1. The van der Waals surface area contributed by atoms with Gasteiger partial charge >= 0.3 is 0 Å². The van der Waals surface area contributed by atoms with E-state index in [0.29, 0.717) is 18.8 Å². The van der Waals surface area contributed by atoms with E-state index in [1.807, 2.05) is 29.2 Å². The van der Waals surface area contributed by atoms with Crippen LogP contribution < -0.4 is 4.90 Å². The van der Waals surface area contributed by atoms with E-state index in [-0.39, 0.29) is 11.6 Å². The number of nitrogens with zero attached hydrogens (tertiary/aromatic N) is 3. The van der Waals surface area contributed by atoms with Gasteiger partial charge in [0.1, 0.15) is 5.52 Å². The van der Waals surface area contributed by atoms with Crippen LogP contribution in [0.15, 0.2) is 46.9 Å². The predicted molar refractivity (Wildman–Crippen MR) is 91.3 cm³/mol. The lowest BCUT2D eigenvalue weighted by molar-refractivity contribution is -0.385. The fraction of sp³-hybridized carbons (Fsp3) is 0.278. The topological polar surface area (TPSA) is 72.4 Å². The first kappa shape index (κ1) is 15.6. The first-order valence-corrected chi connectivity index (χ1v) is 8.16. The number of benzene rings is 2. The van der Waals surface area contributed by atoms with Gasteiger partial charge in [0.2, 0.25) is 0 Å². The largest absolute Gasteiger partial charge is 0.440 e. The van der Waals surface area contributed by atoms with E-state index in [4.69, 9.17) is 4.42 Å². The van der Waals surface area contributed by atoms with Crippen molar-refractivity contribution in [2.45, 2.75) is 18.8 Å². The molecular weight excluding hydrogens is 325 g/mol. The second-order valence-corrected chi connectivity index (χ2v) is 6.17. The van der Waals surface area contributed by atoms with Crippen molar-refractivity contribution in [1.29, 1.82) is 0 Å². The summed E-state index contributed by atoms with van der Waals surface area (Å²) in [5.41, 5.74) is 1.80. The number of nitro benzene ring substituents is 1. The Bertz CT molecular complexity index is 899. The lowest BCUT2D eigenvalue weighted by Gasteiger charge is -2.32. The molecule has 0 aliphatic carbocycles.